The van der Waals surface area contributed by atoms with Gasteiger partial charge < -0.3 is 14.2 Å². The van der Waals surface area contributed by atoms with E-state index < -0.39 is 0 Å². The van der Waals surface area contributed by atoms with Crippen LogP contribution in [0.3, 0.4) is 0 Å². The van der Waals surface area contributed by atoms with Crippen LogP contribution >= 0.6 is 0 Å². The second-order valence-electron chi connectivity index (χ2n) is 10.6. The summed E-state index contributed by atoms with van der Waals surface area (Å²) in [6.45, 7) is 7.40. The van der Waals surface area contributed by atoms with E-state index in [2.05, 4.69) is 13.8 Å². The zero-order valence-electron chi connectivity index (χ0n) is 24.6. The van der Waals surface area contributed by atoms with Gasteiger partial charge >= 0.3 is 5.97 Å². The smallest absolute Gasteiger partial charge is 0.305 e. The minimum atomic E-state index is -0.0844. The highest BCUT2D eigenvalue weighted by molar-refractivity contribution is 5.69. The van der Waals surface area contributed by atoms with Crippen LogP contribution in [0.1, 0.15) is 168 Å². The first kappa shape index (κ1) is 35.4. The van der Waals surface area contributed by atoms with E-state index in [0.717, 1.165) is 25.9 Å². The minimum Gasteiger partial charge on any atom is -0.463 e. The molecular formula is C32H64O4. The standard InChI is InChI=1S/C32H64O4/c1-3-5-7-9-11-13-15-16-17-18-20-22-24-26-32(33)36-31-30-35-29-28-34-27-25-23-21-19-14-12-10-8-6-4-2/h3-31H2,1-2H3. The van der Waals surface area contributed by atoms with Crippen LogP contribution in [0, 0.1) is 0 Å². The van der Waals surface area contributed by atoms with E-state index in [0.29, 0.717) is 32.8 Å². The van der Waals surface area contributed by atoms with E-state index in [1.54, 1.807) is 0 Å². The predicted octanol–water partition coefficient (Wildman–Crippen LogP) is 9.96. The Bertz CT molecular complexity index is 413. The largest absolute Gasteiger partial charge is 0.463 e. The van der Waals surface area contributed by atoms with Crippen molar-refractivity contribution in [3.63, 3.8) is 0 Å². The van der Waals surface area contributed by atoms with Gasteiger partial charge in [-0.15, -0.1) is 0 Å². The van der Waals surface area contributed by atoms with E-state index in [1.165, 1.54) is 128 Å². The van der Waals surface area contributed by atoms with Crippen LogP contribution in [0.4, 0.5) is 0 Å². The third kappa shape index (κ3) is 31.4. The molecule has 4 nitrogen and oxygen atoms in total. The molecule has 0 amide bonds. The van der Waals surface area contributed by atoms with Gasteiger partial charge in [0.05, 0.1) is 19.8 Å². The van der Waals surface area contributed by atoms with Crippen molar-refractivity contribution in [2.24, 2.45) is 0 Å². The number of rotatable bonds is 31. The Morgan fingerprint density at radius 1 is 0.389 bits per heavy atom. The summed E-state index contributed by atoms with van der Waals surface area (Å²) in [4.78, 5) is 11.8. The fourth-order valence-corrected chi connectivity index (χ4v) is 4.59. The summed E-state index contributed by atoms with van der Waals surface area (Å²) in [7, 11) is 0. The highest BCUT2D eigenvalue weighted by atomic mass is 16.6. The fourth-order valence-electron chi connectivity index (χ4n) is 4.59. The molecule has 36 heavy (non-hydrogen) atoms. The molecular weight excluding hydrogens is 448 g/mol. The molecule has 0 saturated carbocycles. The second-order valence-corrected chi connectivity index (χ2v) is 10.6. The van der Waals surface area contributed by atoms with E-state index >= 15 is 0 Å². The summed E-state index contributed by atoms with van der Waals surface area (Å²) in [5.74, 6) is -0.0844. The van der Waals surface area contributed by atoms with Crippen molar-refractivity contribution < 1.29 is 19.0 Å². The maximum absolute atomic E-state index is 11.8. The van der Waals surface area contributed by atoms with E-state index in [9.17, 15) is 4.79 Å². The molecule has 0 aliphatic carbocycles. The lowest BCUT2D eigenvalue weighted by molar-refractivity contribution is -0.145. The van der Waals surface area contributed by atoms with Crippen LogP contribution < -0.4 is 0 Å². The van der Waals surface area contributed by atoms with E-state index in [4.69, 9.17) is 14.2 Å². The maximum Gasteiger partial charge on any atom is 0.305 e. The van der Waals surface area contributed by atoms with Crippen molar-refractivity contribution in [3.8, 4) is 0 Å². The van der Waals surface area contributed by atoms with Gasteiger partial charge in [0.2, 0.25) is 0 Å². The molecule has 0 atom stereocenters. The highest BCUT2D eigenvalue weighted by Gasteiger charge is 2.03. The summed E-state index contributed by atoms with van der Waals surface area (Å²) in [6, 6.07) is 0. The summed E-state index contributed by atoms with van der Waals surface area (Å²) in [5.41, 5.74) is 0. The number of unbranched alkanes of at least 4 members (excludes halogenated alkanes) is 21. The first-order valence-electron chi connectivity index (χ1n) is 16.1. The van der Waals surface area contributed by atoms with Crippen molar-refractivity contribution >= 4 is 5.97 Å². The summed E-state index contributed by atoms with van der Waals surface area (Å²) < 4.78 is 16.4. The van der Waals surface area contributed by atoms with Gasteiger partial charge in [-0.25, -0.2) is 0 Å². The molecule has 0 N–H and O–H groups in total. The second kappa shape index (κ2) is 32.4. The van der Waals surface area contributed by atoms with Crippen molar-refractivity contribution in [2.75, 3.05) is 33.0 Å². The minimum absolute atomic E-state index is 0.0844. The predicted molar refractivity (Wildman–Crippen MR) is 155 cm³/mol. The van der Waals surface area contributed by atoms with Gasteiger partial charge in [0.25, 0.3) is 0 Å². The van der Waals surface area contributed by atoms with Crippen LogP contribution in [-0.2, 0) is 19.0 Å². The lowest BCUT2D eigenvalue weighted by Crippen LogP contribution is -2.13. The average molecular weight is 513 g/mol. The van der Waals surface area contributed by atoms with Gasteiger partial charge in [0, 0.05) is 13.0 Å². The SMILES string of the molecule is CCCCCCCCCCCCCCCC(=O)OCCOCCOCCCCCCCCCCCC. The van der Waals surface area contributed by atoms with Crippen LogP contribution in [-0.4, -0.2) is 39.0 Å². The molecule has 0 aliphatic rings. The molecule has 0 rings (SSSR count). The number of hydrogen-bond donors (Lipinski definition) is 0. The molecule has 0 bridgehead atoms. The van der Waals surface area contributed by atoms with Gasteiger partial charge in [0.1, 0.15) is 6.61 Å². The molecule has 0 radical (unpaired) electrons. The highest BCUT2D eigenvalue weighted by Crippen LogP contribution is 2.13. The molecule has 0 aliphatic heterocycles. The zero-order valence-corrected chi connectivity index (χ0v) is 24.6. The summed E-state index contributed by atoms with van der Waals surface area (Å²) in [6.07, 6.45) is 31.1. The molecule has 4 heteroatoms. The normalized spacial score (nSPS) is 11.3. The molecule has 0 spiro atoms. The number of hydrogen-bond acceptors (Lipinski definition) is 4. The number of ether oxygens (including phenoxy) is 3. The van der Waals surface area contributed by atoms with E-state index in [-0.39, 0.29) is 5.97 Å². The number of carbonyl (C=O) groups excluding carboxylic acids is 1. The van der Waals surface area contributed by atoms with Gasteiger partial charge in [-0.05, 0) is 12.8 Å². The molecule has 0 saturated heterocycles. The first-order chi connectivity index (χ1) is 17.8. The Morgan fingerprint density at radius 3 is 1.17 bits per heavy atom. The lowest BCUT2D eigenvalue weighted by atomic mass is 10.0. The fraction of sp³-hybridized carbons (Fsp3) is 0.969. The van der Waals surface area contributed by atoms with Crippen LogP contribution in [0.15, 0.2) is 0 Å². The molecule has 0 aromatic rings. The third-order valence-corrected chi connectivity index (χ3v) is 6.99. The Kier molecular flexibility index (Phi) is 31.9. The number of esters is 1. The quantitative estimate of drug-likeness (QED) is 0.0684. The average Bonchev–Trinajstić information content (AvgIpc) is 2.88. The van der Waals surface area contributed by atoms with Crippen molar-refractivity contribution in [1.82, 2.24) is 0 Å². The van der Waals surface area contributed by atoms with Gasteiger partial charge in [0.15, 0.2) is 0 Å². The molecule has 0 unspecified atom stereocenters. The van der Waals surface area contributed by atoms with Gasteiger partial charge in [-0.3, -0.25) is 4.79 Å². The van der Waals surface area contributed by atoms with E-state index in [1.807, 2.05) is 0 Å². The maximum atomic E-state index is 11.8. The van der Waals surface area contributed by atoms with Gasteiger partial charge in [-0.2, -0.15) is 0 Å². The first-order valence-corrected chi connectivity index (χ1v) is 16.1. The number of carbonyl (C=O) groups is 1. The van der Waals surface area contributed by atoms with Crippen molar-refractivity contribution in [1.29, 1.82) is 0 Å². The monoisotopic (exact) mass is 512 g/mol. The van der Waals surface area contributed by atoms with Crippen LogP contribution in [0.2, 0.25) is 0 Å². The zero-order chi connectivity index (χ0) is 26.2. The topological polar surface area (TPSA) is 44.8 Å². The molecule has 216 valence electrons. The van der Waals surface area contributed by atoms with Crippen LogP contribution in [0.5, 0.6) is 0 Å². The Hall–Kier alpha value is -0.610. The molecule has 0 heterocycles. The Labute approximate surface area is 226 Å². The molecule has 0 aromatic heterocycles. The van der Waals surface area contributed by atoms with Crippen LogP contribution in [0.25, 0.3) is 0 Å². The molecule has 0 aromatic carbocycles. The third-order valence-electron chi connectivity index (χ3n) is 6.99. The summed E-state index contributed by atoms with van der Waals surface area (Å²) in [5, 5.41) is 0. The summed E-state index contributed by atoms with van der Waals surface area (Å²) >= 11 is 0. The van der Waals surface area contributed by atoms with Crippen molar-refractivity contribution in [3.05, 3.63) is 0 Å². The lowest BCUT2D eigenvalue weighted by Gasteiger charge is -2.07. The Morgan fingerprint density at radius 2 is 0.722 bits per heavy atom. The van der Waals surface area contributed by atoms with Crippen molar-refractivity contribution in [2.45, 2.75) is 168 Å². The molecule has 0 fully saturated rings. The Balaban J connectivity index is 3.13. The van der Waals surface area contributed by atoms with Gasteiger partial charge in [-0.1, -0.05) is 149 Å².